The van der Waals surface area contributed by atoms with Crippen molar-refractivity contribution < 1.29 is 17.9 Å². The highest BCUT2D eigenvalue weighted by atomic mass is 35.7. The molecule has 0 aliphatic rings. The first-order valence-corrected chi connectivity index (χ1v) is 8.12. The van der Waals surface area contributed by atoms with Gasteiger partial charge in [0.05, 0.1) is 27.2 Å². The Morgan fingerprint density at radius 3 is 2.47 bits per heavy atom. The zero-order valence-corrected chi connectivity index (χ0v) is 13.0. The van der Waals surface area contributed by atoms with Gasteiger partial charge < -0.3 is 4.74 Å². The van der Waals surface area contributed by atoms with Gasteiger partial charge in [0.1, 0.15) is 0 Å². The van der Waals surface area contributed by atoms with Crippen LogP contribution >= 0.6 is 33.9 Å². The molecule has 0 unspecified atom stereocenters. The van der Waals surface area contributed by atoms with Crippen LogP contribution in [0.25, 0.3) is 0 Å². The molecule has 106 valence electrons. The molecule has 1 aromatic carbocycles. The fourth-order valence-corrected chi connectivity index (χ4v) is 3.21. The Bertz CT molecular complexity index is 616. The van der Waals surface area contributed by atoms with E-state index in [1.165, 1.54) is 6.92 Å². The average molecular weight is 347 g/mol. The minimum atomic E-state index is -3.97. The number of ether oxygens (including phenoxy) is 1. The van der Waals surface area contributed by atoms with E-state index < -0.39 is 15.1 Å². The molecule has 19 heavy (non-hydrogen) atoms. The normalized spacial score (nSPS) is 11.2. The molecule has 5 nitrogen and oxygen atoms in total. The van der Waals surface area contributed by atoms with Crippen molar-refractivity contribution in [3.05, 3.63) is 21.7 Å². The van der Waals surface area contributed by atoms with Crippen molar-refractivity contribution in [2.24, 2.45) is 0 Å². The second-order valence-corrected chi connectivity index (χ2v) is 6.77. The number of rotatable bonds is 3. The number of halogens is 3. The monoisotopic (exact) mass is 345 g/mol. The van der Waals surface area contributed by atoms with E-state index in [1.54, 1.807) is 6.92 Å². The van der Waals surface area contributed by atoms with E-state index in [0.717, 1.165) is 6.07 Å². The zero-order chi connectivity index (χ0) is 14.8. The molecule has 0 radical (unpaired) electrons. The molecular formula is C10H10Cl3NO4S. The average Bonchev–Trinajstić information content (AvgIpc) is 2.28. The standard InChI is InChI=1S/C10H10Cl3NO4S/c1-3-18-10(15)14-9-6(11)4-7(19(13,16)17)5(2)8(9)12/h4H,3H2,1-2H3,(H,14,15). The Morgan fingerprint density at radius 2 is 2.00 bits per heavy atom. The second-order valence-electron chi connectivity index (χ2n) is 3.45. The summed E-state index contributed by atoms with van der Waals surface area (Å²) in [6.07, 6.45) is -0.743. The van der Waals surface area contributed by atoms with Crippen molar-refractivity contribution >= 4 is 54.7 Å². The fraction of sp³-hybridized carbons (Fsp3) is 0.300. The molecule has 1 N–H and O–H groups in total. The summed E-state index contributed by atoms with van der Waals surface area (Å²) in [6.45, 7) is 3.26. The van der Waals surface area contributed by atoms with Crippen LogP contribution in [0.1, 0.15) is 12.5 Å². The van der Waals surface area contributed by atoms with E-state index in [2.05, 4.69) is 10.1 Å². The lowest BCUT2D eigenvalue weighted by atomic mass is 10.2. The largest absolute Gasteiger partial charge is 0.450 e. The first-order chi connectivity index (χ1) is 8.68. The van der Waals surface area contributed by atoms with Crippen LogP contribution in [-0.2, 0) is 13.8 Å². The minimum Gasteiger partial charge on any atom is -0.450 e. The molecule has 1 rings (SSSR count). The molecule has 0 aliphatic heterocycles. The van der Waals surface area contributed by atoms with Gasteiger partial charge in [-0.25, -0.2) is 13.2 Å². The number of carbonyl (C=O) groups excluding carboxylic acids is 1. The molecule has 0 aliphatic carbocycles. The first kappa shape index (κ1) is 16.4. The highest BCUT2D eigenvalue weighted by Crippen LogP contribution is 2.38. The van der Waals surface area contributed by atoms with E-state index in [-0.39, 0.29) is 32.8 Å². The van der Waals surface area contributed by atoms with Gasteiger partial charge in [-0.05, 0) is 25.5 Å². The second kappa shape index (κ2) is 6.17. The predicted molar refractivity (Wildman–Crippen MR) is 74.9 cm³/mol. The molecule has 1 aromatic rings. The van der Waals surface area contributed by atoms with Crippen molar-refractivity contribution in [3.63, 3.8) is 0 Å². The van der Waals surface area contributed by atoms with Crippen LogP contribution in [0, 0.1) is 6.92 Å². The summed E-state index contributed by atoms with van der Waals surface area (Å²) in [5.41, 5.74) is 0.260. The molecule has 0 bridgehead atoms. The van der Waals surface area contributed by atoms with Crippen molar-refractivity contribution in [2.75, 3.05) is 11.9 Å². The number of carbonyl (C=O) groups is 1. The SMILES string of the molecule is CCOC(=O)Nc1c(Cl)cc(S(=O)(=O)Cl)c(C)c1Cl. The molecule has 9 heteroatoms. The first-order valence-electron chi connectivity index (χ1n) is 5.05. The van der Waals surface area contributed by atoms with Crippen LogP contribution in [0.5, 0.6) is 0 Å². The molecule has 0 saturated heterocycles. The van der Waals surface area contributed by atoms with Crippen LogP contribution in [-0.4, -0.2) is 21.1 Å². The molecule has 0 saturated carbocycles. The van der Waals surface area contributed by atoms with Gasteiger partial charge in [0.2, 0.25) is 0 Å². The highest BCUT2D eigenvalue weighted by molar-refractivity contribution is 8.13. The van der Waals surface area contributed by atoms with Gasteiger partial charge in [0.25, 0.3) is 9.05 Å². The van der Waals surface area contributed by atoms with Crippen molar-refractivity contribution in [3.8, 4) is 0 Å². The van der Waals surface area contributed by atoms with Crippen LogP contribution in [0.15, 0.2) is 11.0 Å². The van der Waals surface area contributed by atoms with E-state index in [9.17, 15) is 13.2 Å². The van der Waals surface area contributed by atoms with Gasteiger partial charge in [-0.15, -0.1) is 0 Å². The number of anilines is 1. The zero-order valence-electron chi connectivity index (χ0n) is 9.96. The third-order valence-electron chi connectivity index (χ3n) is 2.18. The van der Waals surface area contributed by atoms with Crippen LogP contribution in [0.4, 0.5) is 10.5 Å². The maximum absolute atomic E-state index is 11.3. The minimum absolute atomic E-state index is 0.0141. The van der Waals surface area contributed by atoms with Gasteiger partial charge in [0, 0.05) is 10.7 Å². The lowest BCUT2D eigenvalue weighted by Gasteiger charge is -2.13. The maximum atomic E-state index is 11.3. The fourth-order valence-electron chi connectivity index (χ4n) is 1.33. The topological polar surface area (TPSA) is 72.5 Å². The molecule has 1 amide bonds. The Hall–Kier alpha value is -0.690. The number of benzene rings is 1. The van der Waals surface area contributed by atoms with Crippen LogP contribution in [0.2, 0.25) is 10.0 Å². The summed E-state index contributed by atoms with van der Waals surface area (Å²) >= 11 is 11.9. The lowest BCUT2D eigenvalue weighted by molar-refractivity contribution is 0.168. The molecule has 0 aromatic heterocycles. The third-order valence-corrected chi connectivity index (χ3v) is 4.40. The van der Waals surface area contributed by atoms with E-state index >= 15 is 0 Å². The van der Waals surface area contributed by atoms with E-state index in [1.807, 2.05) is 0 Å². The van der Waals surface area contributed by atoms with E-state index in [4.69, 9.17) is 33.9 Å². The van der Waals surface area contributed by atoms with Crippen molar-refractivity contribution in [1.82, 2.24) is 0 Å². The van der Waals surface area contributed by atoms with Crippen LogP contribution < -0.4 is 5.32 Å². The highest BCUT2D eigenvalue weighted by Gasteiger charge is 2.21. The van der Waals surface area contributed by atoms with Crippen molar-refractivity contribution in [2.45, 2.75) is 18.7 Å². The van der Waals surface area contributed by atoms with Gasteiger partial charge in [-0.2, -0.15) is 0 Å². The Kier molecular flexibility index (Phi) is 5.32. The van der Waals surface area contributed by atoms with Gasteiger partial charge in [-0.1, -0.05) is 23.2 Å². The van der Waals surface area contributed by atoms with Crippen molar-refractivity contribution in [1.29, 1.82) is 0 Å². The quantitative estimate of drug-likeness (QED) is 0.845. The lowest BCUT2D eigenvalue weighted by Crippen LogP contribution is -2.14. The maximum Gasteiger partial charge on any atom is 0.411 e. The van der Waals surface area contributed by atoms with E-state index in [0.29, 0.717) is 0 Å². The Morgan fingerprint density at radius 1 is 1.42 bits per heavy atom. The van der Waals surface area contributed by atoms with Crippen LogP contribution in [0.3, 0.4) is 0 Å². The summed E-state index contributed by atoms with van der Waals surface area (Å²) in [5, 5.41) is 2.27. The molecule has 0 atom stereocenters. The summed E-state index contributed by atoms with van der Waals surface area (Å²) in [4.78, 5) is 11.1. The number of amides is 1. The smallest absolute Gasteiger partial charge is 0.411 e. The van der Waals surface area contributed by atoms with Gasteiger partial charge in [-0.3, -0.25) is 5.32 Å². The number of hydrogen-bond donors (Lipinski definition) is 1. The summed E-state index contributed by atoms with van der Waals surface area (Å²) in [7, 11) is 1.28. The summed E-state index contributed by atoms with van der Waals surface area (Å²) < 4.78 is 27.3. The van der Waals surface area contributed by atoms with Gasteiger partial charge >= 0.3 is 6.09 Å². The predicted octanol–water partition coefficient (Wildman–Crippen LogP) is 3.80. The molecule has 0 spiro atoms. The molecule has 0 fully saturated rings. The third kappa shape index (κ3) is 3.89. The molecule has 0 heterocycles. The number of hydrogen-bond acceptors (Lipinski definition) is 4. The number of nitrogens with one attached hydrogen (secondary N) is 1. The Labute approximate surface area is 125 Å². The molecular weight excluding hydrogens is 337 g/mol. The Balaban J connectivity index is 3.31. The van der Waals surface area contributed by atoms with Gasteiger partial charge in [0.15, 0.2) is 0 Å². The summed E-state index contributed by atoms with van der Waals surface area (Å²) in [6, 6.07) is 1.12. The summed E-state index contributed by atoms with van der Waals surface area (Å²) in [5.74, 6) is 0.